The number of halogens is 3. The van der Waals surface area contributed by atoms with E-state index in [0.29, 0.717) is 17.1 Å². The van der Waals surface area contributed by atoms with E-state index >= 15 is 0 Å². The minimum absolute atomic E-state index is 0.160. The minimum Gasteiger partial charge on any atom is -0.380 e. The van der Waals surface area contributed by atoms with E-state index in [1.165, 1.54) is 6.07 Å². The van der Waals surface area contributed by atoms with Crippen LogP contribution in [0.2, 0.25) is 5.02 Å². The number of carbonyl (C=O) groups is 1. The fourth-order valence-corrected chi connectivity index (χ4v) is 2.73. The van der Waals surface area contributed by atoms with E-state index in [2.05, 4.69) is 27.9 Å². The molecule has 0 saturated carbocycles. The SMILES string of the molecule is NC(=O)c1ccc(CNc2ccc(Cl)cc2I)c(F)c1. The van der Waals surface area contributed by atoms with Crippen LogP contribution in [0.15, 0.2) is 36.4 Å². The highest BCUT2D eigenvalue weighted by atomic mass is 127. The van der Waals surface area contributed by atoms with Crippen molar-refractivity contribution in [3.8, 4) is 0 Å². The van der Waals surface area contributed by atoms with Crippen LogP contribution in [-0.4, -0.2) is 5.91 Å². The first kappa shape index (κ1) is 15.1. The lowest BCUT2D eigenvalue weighted by Crippen LogP contribution is -2.12. The van der Waals surface area contributed by atoms with Crippen LogP contribution in [0, 0.1) is 9.39 Å². The summed E-state index contributed by atoms with van der Waals surface area (Å²) in [4.78, 5) is 10.9. The molecule has 2 aromatic rings. The summed E-state index contributed by atoms with van der Waals surface area (Å²) in [7, 11) is 0. The van der Waals surface area contributed by atoms with Crippen molar-refractivity contribution in [2.75, 3.05) is 5.32 Å². The van der Waals surface area contributed by atoms with Gasteiger partial charge < -0.3 is 11.1 Å². The number of nitrogens with two attached hydrogens (primary N) is 1. The van der Waals surface area contributed by atoms with Crippen molar-refractivity contribution in [1.82, 2.24) is 0 Å². The summed E-state index contributed by atoms with van der Waals surface area (Å²) in [5.41, 5.74) is 6.58. The number of anilines is 1. The van der Waals surface area contributed by atoms with Gasteiger partial charge in [0.2, 0.25) is 5.91 Å². The van der Waals surface area contributed by atoms with Gasteiger partial charge in [-0.25, -0.2) is 4.39 Å². The zero-order valence-corrected chi connectivity index (χ0v) is 13.2. The summed E-state index contributed by atoms with van der Waals surface area (Å²) in [5, 5.41) is 3.77. The van der Waals surface area contributed by atoms with Crippen LogP contribution in [0.3, 0.4) is 0 Å². The molecule has 104 valence electrons. The van der Waals surface area contributed by atoms with Gasteiger partial charge >= 0.3 is 0 Å². The number of benzene rings is 2. The summed E-state index contributed by atoms with van der Waals surface area (Å²) in [6, 6.07) is 9.61. The highest BCUT2D eigenvalue weighted by molar-refractivity contribution is 14.1. The Hall–Kier alpha value is -1.34. The van der Waals surface area contributed by atoms with Gasteiger partial charge in [-0.15, -0.1) is 0 Å². The van der Waals surface area contributed by atoms with Crippen LogP contribution >= 0.6 is 34.2 Å². The zero-order valence-electron chi connectivity index (χ0n) is 10.3. The van der Waals surface area contributed by atoms with Crippen molar-refractivity contribution in [3.05, 3.63) is 61.9 Å². The summed E-state index contributed by atoms with van der Waals surface area (Å²) in [6.07, 6.45) is 0. The summed E-state index contributed by atoms with van der Waals surface area (Å²) < 4.78 is 14.8. The number of carbonyl (C=O) groups excluding carboxylic acids is 1. The molecular formula is C14H11ClFIN2O. The molecule has 0 atom stereocenters. The predicted molar refractivity (Wildman–Crippen MR) is 86.4 cm³/mol. The molecule has 3 N–H and O–H groups in total. The molecule has 0 spiro atoms. The van der Waals surface area contributed by atoms with E-state index in [9.17, 15) is 9.18 Å². The molecule has 0 bridgehead atoms. The largest absolute Gasteiger partial charge is 0.380 e. The molecule has 0 aliphatic heterocycles. The van der Waals surface area contributed by atoms with Crippen LogP contribution in [0.4, 0.5) is 10.1 Å². The Morgan fingerprint density at radius 2 is 2.05 bits per heavy atom. The first-order valence-corrected chi connectivity index (χ1v) is 7.20. The average Bonchev–Trinajstić information content (AvgIpc) is 2.38. The minimum atomic E-state index is -0.643. The number of hydrogen-bond acceptors (Lipinski definition) is 2. The van der Waals surface area contributed by atoms with Gasteiger partial charge in [-0.05, 0) is 52.9 Å². The number of hydrogen-bond donors (Lipinski definition) is 2. The van der Waals surface area contributed by atoms with E-state index in [-0.39, 0.29) is 5.56 Å². The molecule has 0 fully saturated rings. The second-order valence-electron chi connectivity index (χ2n) is 4.15. The second kappa shape index (κ2) is 6.41. The van der Waals surface area contributed by atoms with Gasteiger partial charge in [-0.2, -0.15) is 0 Å². The molecule has 0 aliphatic carbocycles. The zero-order chi connectivity index (χ0) is 14.7. The quantitative estimate of drug-likeness (QED) is 0.762. The average molecular weight is 405 g/mol. The monoisotopic (exact) mass is 404 g/mol. The predicted octanol–water partition coefficient (Wildman–Crippen LogP) is 3.79. The molecule has 20 heavy (non-hydrogen) atoms. The maximum absolute atomic E-state index is 13.8. The van der Waals surface area contributed by atoms with E-state index in [1.807, 2.05) is 12.1 Å². The Labute approximate surface area is 134 Å². The van der Waals surface area contributed by atoms with Crippen molar-refractivity contribution >= 4 is 45.8 Å². The number of primary amides is 1. The molecule has 0 heterocycles. The van der Waals surface area contributed by atoms with Crippen molar-refractivity contribution < 1.29 is 9.18 Å². The molecule has 2 aromatic carbocycles. The lowest BCUT2D eigenvalue weighted by atomic mass is 10.1. The molecule has 2 rings (SSSR count). The van der Waals surface area contributed by atoms with Crippen LogP contribution in [0.25, 0.3) is 0 Å². The first-order chi connectivity index (χ1) is 9.47. The van der Waals surface area contributed by atoms with Gasteiger partial charge in [0.15, 0.2) is 0 Å². The van der Waals surface area contributed by atoms with E-state index in [1.54, 1.807) is 12.1 Å². The fraction of sp³-hybridized carbons (Fsp3) is 0.0714. The Morgan fingerprint density at radius 3 is 2.65 bits per heavy atom. The standard InChI is InChI=1S/C14H11ClFIN2O/c15-10-3-4-13(12(17)6-10)19-7-9-2-1-8(14(18)20)5-11(9)16/h1-6,19H,7H2,(H2,18,20). The third-order valence-electron chi connectivity index (χ3n) is 2.74. The molecule has 0 saturated heterocycles. The van der Waals surface area contributed by atoms with Crippen molar-refractivity contribution in [3.63, 3.8) is 0 Å². The first-order valence-electron chi connectivity index (χ1n) is 5.74. The lowest BCUT2D eigenvalue weighted by molar-refractivity contribution is 0.1000. The van der Waals surface area contributed by atoms with Crippen molar-refractivity contribution in [2.45, 2.75) is 6.54 Å². The Balaban J connectivity index is 2.13. The maximum Gasteiger partial charge on any atom is 0.248 e. The molecule has 3 nitrogen and oxygen atoms in total. The molecule has 1 amide bonds. The molecule has 0 aliphatic rings. The third kappa shape index (κ3) is 3.61. The highest BCUT2D eigenvalue weighted by Gasteiger charge is 2.07. The van der Waals surface area contributed by atoms with Crippen molar-refractivity contribution in [2.24, 2.45) is 5.73 Å². The number of rotatable bonds is 4. The van der Waals surface area contributed by atoms with Crippen LogP contribution in [0.5, 0.6) is 0 Å². The summed E-state index contributed by atoms with van der Waals surface area (Å²) in [6.45, 7) is 0.308. The van der Waals surface area contributed by atoms with Crippen LogP contribution in [-0.2, 0) is 6.54 Å². The van der Waals surface area contributed by atoms with Gasteiger partial charge in [-0.1, -0.05) is 17.7 Å². The van der Waals surface area contributed by atoms with E-state index in [0.717, 1.165) is 15.3 Å². The Morgan fingerprint density at radius 1 is 1.30 bits per heavy atom. The smallest absolute Gasteiger partial charge is 0.248 e. The third-order valence-corrected chi connectivity index (χ3v) is 3.87. The molecule has 0 aromatic heterocycles. The van der Waals surface area contributed by atoms with Gasteiger partial charge in [0.25, 0.3) is 0 Å². The van der Waals surface area contributed by atoms with Gasteiger partial charge in [0, 0.05) is 32.0 Å². The topological polar surface area (TPSA) is 55.1 Å². The molecular weight excluding hydrogens is 394 g/mol. The molecule has 6 heteroatoms. The van der Waals surface area contributed by atoms with Gasteiger partial charge in [0.1, 0.15) is 5.82 Å². The Kier molecular flexibility index (Phi) is 4.82. The maximum atomic E-state index is 13.8. The van der Waals surface area contributed by atoms with Gasteiger partial charge in [-0.3, -0.25) is 4.79 Å². The lowest BCUT2D eigenvalue weighted by Gasteiger charge is -2.10. The molecule has 0 radical (unpaired) electrons. The molecule has 0 unspecified atom stereocenters. The van der Waals surface area contributed by atoms with Crippen LogP contribution < -0.4 is 11.1 Å². The van der Waals surface area contributed by atoms with Crippen LogP contribution in [0.1, 0.15) is 15.9 Å². The van der Waals surface area contributed by atoms with Crippen molar-refractivity contribution in [1.29, 1.82) is 0 Å². The highest BCUT2D eigenvalue weighted by Crippen LogP contribution is 2.23. The number of nitrogens with one attached hydrogen (secondary N) is 1. The van der Waals surface area contributed by atoms with Gasteiger partial charge in [0.05, 0.1) is 0 Å². The number of amides is 1. The van der Waals surface area contributed by atoms with E-state index in [4.69, 9.17) is 17.3 Å². The summed E-state index contributed by atoms with van der Waals surface area (Å²) >= 11 is 8.02. The Bertz CT molecular complexity index is 664. The fourth-order valence-electron chi connectivity index (χ4n) is 1.67. The van der Waals surface area contributed by atoms with E-state index < -0.39 is 11.7 Å². The second-order valence-corrected chi connectivity index (χ2v) is 5.75. The normalized spacial score (nSPS) is 10.3. The summed E-state index contributed by atoms with van der Waals surface area (Å²) in [5.74, 6) is -1.10.